The number of aromatic amines is 1. The Morgan fingerprint density at radius 3 is 2.84 bits per heavy atom. The molecule has 8 heteroatoms. The molecule has 0 atom stereocenters. The third-order valence-electron chi connectivity index (χ3n) is 2.17. The minimum Gasteiger partial charge on any atom is -0.380 e. The van der Waals surface area contributed by atoms with Crippen molar-refractivity contribution in [2.75, 3.05) is 0 Å². The highest BCUT2D eigenvalue weighted by atomic mass is 35.5. The van der Waals surface area contributed by atoms with Crippen molar-refractivity contribution in [2.45, 2.75) is 0 Å². The number of nitrogens with zero attached hydrogens (tertiary/aromatic N) is 2. The van der Waals surface area contributed by atoms with Gasteiger partial charge < -0.3 is 10.6 Å². The Morgan fingerprint density at radius 2 is 2.21 bits per heavy atom. The fourth-order valence-electron chi connectivity index (χ4n) is 1.25. The number of halogens is 2. The number of nitrogens with one attached hydrogen (secondary N) is 1. The Bertz CT molecular complexity index is 626. The van der Waals surface area contributed by atoms with Gasteiger partial charge >= 0.3 is 5.97 Å². The van der Waals surface area contributed by atoms with Crippen LogP contribution in [0.25, 0.3) is 0 Å². The molecular formula is C11H8Cl2N4O2. The summed E-state index contributed by atoms with van der Waals surface area (Å²) in [6, 6.07) is 4.69. The summed E-state index contributed by atoms with van der Waals surface area (Å²) in [5.74, 6) is -0.708. The number of carbonyl (C=O) groups is 1. The lowest BCUT2D eigenvalue weighted by atomic mass is 10.2. The minimum absolute atomic E-state index is 0.0292. The summed E-state index contributed by atoms with van der Waals surface area (Å²) in [5.41, 5.74) is 6.33. The number of rotatable bonds is 3. The second-order valence-corrected chi connectivity index (χ2v) is 4.31. The molecule has 0 amide bonds. The van der Waals surface area contributed by atoms with E-state index < -0.39 is 5.97 Å². The molecule has 6 nitrogen and oxygen atoms in total. The number of amidine groups is 1. The van der Waals surface area contributed by atoms with Crippen molar-refractivity contribution in [1.29, 1.82) is 0 Å². The minimum atomic E-state index is -0.679. The first-order chi connectivity index (χ1) is 9.08. The Labute approximate surface area is 118 Å². The molecule has 1 heterocycles. The molecule has 0 saturated heterocycles. The molecule has 3 N–H and O–H groups in total. The number of benzene rings is 1. The molecule has 0 bridgehead atoms. The normalized spacial score (nSPS) is 11.4. The van der Waals surface area contributed by atoms with Crippen molar-refractivity contribution in [3.05, 3.63) is 51.8 Å². The van der Waals surface area contributed by atoms with Crippen LogP contribution >= 0.6 is 23.2 Å². The van der Waals surface area contributed by atoms with E-state index in [9.17, 15) is 4.79 Å². The van der Waals surface area contributed by atoms with Crippen LogP contribution in [0.5, 0.6) is 0 Å². The predicted molar refractivity (Wildman–Crippen MR) is 71.2 cm³/mol. The largest absolute Gasteiger partial charge is 0.380 e. The van der Waals surface area contributed by atoms with Crippen molar-refractivity contribution < 1.29 is 9.63 Å². The van der Waals surface area contributed by atoms with Crippen molar-refractivity contribution >= 4 is 35.0 Å². The molecule has 0 fully saturated rings. The maximum Gasteiger partial charge on any atom is 0.368 e. The van der Waals surface area contributed by atoms with E-state index in [4.69, 9.17) is 28.9 Å². The molecule has 0 aliphatic rings. The second-order valence-electron chi connectivity index (χ2n) is 3.47. The Hall–Kier alpha value is -2.05. The lowest BCUT2D eigenvalue weighted by Crippen LogP contribution is -2.15. The third-order valence-corrected chi connectivity index (χ3v) is 2.72. The molecule has 2 aromatic rings. The van der Waals surface area contributed by atoms with Crippen LogP contribution in [0, 0.1) is 0 Å². The van der Waals surface area contributed by atoms with Crippen molar-refractivity contribution in [3.63, 3.8) is 0 Å². The van der Waals surface area contributed by atoms with Crippen LogP contribution in [0.1, 0.15) is 15.9 Å². The maximum absolute atomic E-state index is 11.5. The van der Waals surface area contributed by atoms with Crippen LogP contribution in [-0.2, 0) is 4.84 Å². The van der Waals surface area contributed by atoms with Gasteiger partial charge in [0.2, 0.25) is 0 Å². The van der Waals surface area contributed by atoms with E-state index in [0.29, 0.717) is 15.6 Å². The van der Waals surface area contributed by atoms with Gasteiger partial charge in [0.05, 0.1) is 16.8 Å². The monoisotopic (exact) mass is 298 g/mol. The molecule has 98 valence electrons. The van der Waals surface area contributed by atoms with E-state index in [1.54, 1.807) is 12.1 Å². The van der Waals surface area contributed by atoms with Crippen molar-refractivity contribution in [3.8, 4) is 0 Å². The molecule has 0 aliphatic heterocycles. The first kappa shape index (κ1) is 13.4. The average molecular weight is 299 g/mol. The van der Waals surface area contributed by atoms with Crippen molar-refractivity contribution in [1.82, 2.24) is 10.2 Å². The average Bonchev–Trinajstić information content (AvgIpc) is 2.89. The summed E-state index contributed by atoms with van der Waals surface area (Å²) in [6.07, 6.45) is 2.69. The number of nitrogens with two attached hydrogens (primary N) is 1. The zero-order valence-corrected chi connectivity index (χ0v) is 10.9. The lowest BCUT2D eigenvalue weighted by Gasteiger charge is -2.03. The van der Waals surface area contributed by atoms with E-state index in [1.807, 2.05) is 0 Å². The van der Waals surface area contributed by atoms with E-state index in [1.165, 1.54) is 18.5 Å². The Morgan fingerprint density at radius 1 is 1.42 bits per heavy atom. The summed E-state index contributed by atoms with van der Waals surface area (Å²) >= 11 is 11.7. The molecule has 0 saturated carbocycles. The summed E-state index contributed by atoms with van der Waals surface area (Å²) in [6.45, 7) is 0. The van der Waals surface area contributed by atoms with Gasteiger partial charge in [-0.05, 0) is 18.2 Å². The van der Waals surface area contributed by atoms with Crippen molar-refractivity contribution in [2.24, 2.45) is 10.9 Å². The number of aromatic nitrogens is 2. The summed E-state index contributed by atoms with van der Waals surface area (Å²) in [7, 11) is 0. The smallest absolute Gasteiger partial charge is 0.368 e. The molecule has 1 aromatic carbocycles. The second kappa shape index (κ2) is 5.73. The van der Waals surface area contributed by atoms with Crippen LogP contribution in [0.3, 0.4) is 0 Å². The van der Waals surface area contributed by atoms with Crippen LogP contribution in [0.2, 0.25) is 10.0 Å². The summed E-state index contributed by atoms with van der Waals surface area (Å²) < 4.78 is 0. The highest BCUT2D eigenvalue weighted by molar-refractivity contribution is 6.36. The topological polar surface area (TPSA) is 93.4 Å². The maximum atomic E-state index is 11.5. The lowest BCUT2D eigenvalue weighted by molar-refractivity contribution is 0.0516. The van der Waals surface area contributed by atoms with E-state index in [2.05, 4.69) is 20.2 Å². The first-order valence-electron chi connectivity index (χ1n) is 5.07. The van der Waals surface area contributed by atoms with Crippen LogP contribution in [-0.4, -0.2) is 22.0 Å². The van der Waals surface area contributed by atoms with Gasteiger partial charge in [-0.2, -0.15) is 5.10 Å². The number of H-pyrrole nitrogens is 1. The first-order valence-corrected chi connectivity index (χ1v) is 5.82. The SMILES string of the molecule is N/C(=N\OC(=O)c1cn[nH]c1)c1ccc(Cl)cc1Cl. The van der Waals surface area contributed by atoms with Crippen LogP contribution < -0.4 is 5.73 Å². The van der Waals surface area contributed by atoms with Gasteiger partial charge in [0.1, 0.15) is 0 Å². The Balaban J connectivity index is 2.13. The molecule has 0 radical (unpaired) electrons. The molecule has 0 spiro atoms. The van der Waals surface area contributed by atoms with E-state index >= 15 is 0 Å². The van der Waals surface area contributed by atoms with Gasteiger partial charge in [-0.1, -0.05) is 28.4 Å². The predicted octanol–water partition coefficient (Wildman–Crippen LogP) is 2.19. The number of hydrogen-bond donors (Lipinski definition) is 2. The molecule has 0 unspecified atom stereocenters. The van der Waals surface area contributed by atoms with Gasteiger partial charge in [-0.3, -0.25) is 5.10 Å². The Kier molecular flexibility index (Phi) is 4.03. The molecule has 19 heavy (non-hydrogen) atoms. The van der Waals surface area contributed by atoms with Crippen LogP contribution in [0.15, 0.2) is 35.7 Å². The fraction of sp³-hybridized carbons (Fsp3) is 0. The summed E-state index contributed by atoms with van der Waals surface area (Å²) in [4.78, 5) is 16.1. The molecule has 1 aromatic heterocycles. The molecule has 0 aliphatic carbocycles. The van der Waals surface area contributed by atoms with Gasteiger partial charge in [-0.25, -0.2) is 4.79 Å². The van der Waals surface area contributed by atoms with Gasteiger partial charge in [0.15, 0.2) is 5.84 Å². The highest BCUT2D eigenvalue weighted by Gasteiger charge is 2.10. The van der Waals surface area contributed by atoms with Gasteiger partial charge in [0.25, 0.3) is 0 Å². The quantitative estimate of drug-likeness (QED) is 0.393. The molecular weight excluding hydrogens is 291 g/mol. The highest BCUT2D eigenvalue weighted by Crippen LogP contribution is 2.20. The number of oxime groups is 1. The third kappa shape index (κ3) is 3.24. The standard InChI is InChI=1S/C11H8Cl2N4O2/c12-7-1-2-8(9(13)3-7)10(14)17-19-11(18)6-4-15-16-5-6/h1-5H,(H2,14,17)(H,15,16). The zero-order chi connectivity index (χ0) is 13.8. The van der Waals surface area contributed by atoms with E-state index in [0.717, 1.165) is 0 Å². The number of carbonyl (C=O) groups excluding carboxylic acids is 1. The fourth-order valence-corrected chi connectivity index (χ4v) is 1.76. The van der Waals surface area contributed by atoms with Crippen LogP contribution in [0.4, 0.5) is 0 Å². The summed E-state index contributed by atoms with van der Waals surface area (Å²) in [5, 5.41) is 10.4. The molecule has 2 rings (SSSR count). The van der Waals surface area contributed by atoms with E-state index in [-0.39, 0.29) is 11.4 Å². The van der Waals surface area contributed by atoms with Gasteiger partial charge in [-0.15, -0.1) is 0 Å². The zero-order valence-electron chi connectivity index (χ0n) is 9.43. The number of hydrogen-bond acceptors (Lipinski definition) is 4. The van der Waals surface area contributed by atoms with Gasteiger partial charge in [0, 0.05) is 16.8 Å².